The molecule has 1 heterocycles. The second kappa shape index (κ2) is 5.92. The molecule has 22 heavy (non-hydrogen) atoms. The summed E-state index contributed by atoms with van der Waals surface area (Å²) >= 11 is 2.22. The van der Waals surface area contributed by atoms with Gasteiger partial charge in [-0.3, -0.25) is 9.59 Å². The third-order valence-corrected chi connectivity index (χ3v) is 4.10. The summed E-state index contributed by atoms with van der Waals surface area (Å²) in [7, 11) is 0. The molecule has 0 saturated carbocycles. The normalized spacial score (nSPS) is 10.6. The van der Waals surface area contributed by atoms with Gasteiger partial charge in [-0.25, -0.2) is 0 Å². The summed E-state index contributed by atoms with van der Waals surface area (Å²) in [6.07, 6.45) is 0. The van der Waals surface area contributed by atoms with Gasteiger partial charge in [0.25, 0.3) is 5.91 Å². The molecule has 0 aliphatic carbocycles. The van der Waals surface area contributed by atoms with Crippen molar-refractivity contribution in [3.8, 4) is 0 Å². The number of aromatic amines is 1. The van der Waals surface area contributed by atoms with Crippen LogP contribution in [0.25, 0.3) is 10.9 Å². The molecular weight excluding hydrogens is 391 g/mol. The number of aryl methyl sites for hydroxylation is 1. The van der Waals surface area contributed by atoms with Crippen molar-refractivity contribution in [2.75, 3.05) is 5.32 Å². The van der Waals surface area contributed by atoms with Gasteiger partial charge in [-0.15, -0.1) is 0 Å². The zero-order valence-electron chi connectivity index (χ0n) is 11.8. The number of H-pyrrole nitrogens is 1. The molecular formula is C17H13IN2O2. The molecule has 0 aliphatic heterocycles. The number of para-hydroxylation sites is 1. The maximum absolute atomic E-state index is 12.6. The molecule has 5 heteroatoms. The molecule has 0 atom stereocenters. The van der Waals surface area contributed by atoms with Gasteiger partial charge in [-0.05, 0) is 59.3 Å². The van der Waals surface area contributed by atoms with Gasteiger partial charge in [0.05, 0.1) is 5.56 Å². The molecule has 0 bridgehead atoms. The number of carbonyl (C=O) groups excluding carboxylic acids is 1. The summed E-state index contributed by atoms with van der Waals surface area (Å²) in [6, 6.07) is 14.4. The highest BCUT2D eigenvalue weighted by atomic mass is 127. The second-order valence-corrected chi connectivity index (χ2v) is 6.25. The van der Waals surface area contributed by atoms with E-state index in [4.69, 9.17) is 0 Å². The van der Waals surface area contributed by atoms with Crippen LogP contribution in [0.15, 0.2) is 53.3 Å². The number of hydrogen-bond acceptors (Lipinski definition) is 2. The van der Waals surface area contributed by atoms with Crippen molar-refractivity contribution in [2.24, 2.45) is 0 Å². The first-order valence-corrected chi connectivity index (χ1v) is 7.82. The van der Waals surface area contributed by atoms with Crippen LogP contribution >= 0.6 is 22.6 Å². The number of halogens is 1. The first-order chi connectivity index (χ1) is 10.5. The molecule has 0 fully saturated rings. The van der Waals surface area contributed by atoms with Crippen molar-refractivity contribution in [1.82, 2.24) is 4.98 Å². The van der Waals surface area contributed by atoms with Crippen molar-refractivity contribution < 1.29 is 4.79 Å². The van der Waals surface area contributed by atoms with Crippen LogP contribution in [-0.4, -0.2) is 10.9 Å². The second-order valence-electron chi connectivity index (χ2n) is 5.01. The number of benzene rings is 2. The first kappa shape index (κ1) is 14.8. The highest BCUT2D eigenvalue weighted by molar-refractivity contribution is 14.1. The Bertz CT molecular complexity index is 931. The number of anilines is 1. The number of hydrogen-bond donors (Lipinski definition) is 2. The molecule has 0 radical (unpaired) electrons. The highest BCUT2D eigenvalue weighted by Gasteiger charge is 2.12. The van der Waals surface area contributed by atoms with Gasteiger partial charge in [-0.1, -0.05) is 18.2 Å². The monoisotopic (exact) mass is 404 g/mol. The smallest absolute Gasteiger partial charge is 0.256 e. The maximum Gasteiger partial charge on any atom is 0.256 e. The number of pyridine rings is 1. The topological polar surface area (TPSA) is 62.0 Å². The first-order valence-electron chi connectivity index (χ1n) is 6.74. The number of aromatic nitrogens is 1. The van der Waals surface area contributed by atoms with Crippen molar-refractivity contribution in [1.29, 1.82) is 0 Å². The molecule has 0 aliphatic rings. The van der Waals surface area contributed by atoms with E-state index in [0.29, 0.717) is 11.1 Å². The Morgan fingerprint density at radius 2 is 1.91 bits per heavy atom. The molecule has 3 aromatic rings. The lowest BCUT2D eigenvalue weighted by Crippen LogP contribution is -2.17. The molecule has 3 rings (SSSR count). The lowest BCUT2D eigenvalue weighted by Gasteiger charge is -2.10. The summed E-state index contributed by atoms with van der Waals surface area (Å²) < 4.78 is 1.11. The van der Waals surface area contributed by atoms with E-state index in [2.05, 4.69) is 32.9 Å². The number of nitrogens with one attached hydrogen (secondary N) is 2. The predicted octanol–water partition coefficient (Wildman–Crippen LogP) is 3.69. The Morgan fingerprint density at radius 1 is 1.14 bits per heavy atom. The molecule has 110 valence electrons. The van der Waals surface area contributed by atoms with Gasteiger partial charge in [0.1, 0.15) is 0 Å². The van der Waals surface area contributed by atoms with Crippen molar-refractivity contribution in [3.05, 3.63) is 73.6 Å². The Morgan fingerprint density at radius 3 is 2.68 bits per heavy atom. The van der Waals surface area contributed by atoms with Crippen molar-refractivity contribution in [3.63, 3.8) is 0 Å². The van der Waals surface area contributed by atoms with Gasteiger partial charge in [0.15, 0.2) is 0 Å². The van der Waals surface area contributed by atoms with E-state index in [9.17, 15) is 9.59 Å². The van der Waals surface area contributed by atoms with E-state index in [0.717, 1.165) is 20.2 Å². The quantitative estimate of drug-likeness (QED) is 0.640. The van der Waals surface area contributed by atoms with Gasteiger partial charge in [0, 0.05) is 26.2 Å². The molecule has 0 unspecified atom stereocenters. The summed E-state index contributed by atoms with van der Waals surface area (Å²) in [6.45, 7) is 1.94. The van der Waals surface area contributed by atoms with E-state index in [-0.39, 0.29) is 11.5 Å². The van der Waals surface area contributed by atoms with Crippen LogP contribution in [0.5, 0.6) is 0 Å². The lowest BCUT2D eigenvalue weighted by atomic mass is 10.1. The molecule has 0 spiro atoms. The fourth-order valence-corrected chi connectivity index (χ4v) is 3.00. The summed E-state index contributed by atoms with van der Waals surface area (Å²) in [5.41, 5.74) is 2.46. The summed E-state index contributed by atoms with van der Waals surface area (Å²) in [4.78, 5) is 27.0. The molecule has 2 N–H and O–H groups in total. The molecule has 1 amide bonds. The SMILES string of the molecule is Cc1cc(I)ccc1NC(=O)c1cc(=O)[nH]c2ccccc12. The predicted molar refractivity (Wildman–Crippen MR) is 96.4 cm³/mol. The van der Waals surface area contributed by atoms with E-state index >= 15 is 0 Å². The number of carbonyl (C=O) groups is 1. The largest absolute Gasteiger partial charge is 0.322 e. The van der Waals surface area contributed by atoms with Gasteiger partial charge in [0.2, 0.25) is 5.56 Å². The Kier molecular flexibility index (Phi) is 3.98. The highest BCUT2D eigenvalue weighted by Crippen LogP contribution is 2.20. The van der Waals surface area contributed by atoms with Crippen LogP contribution in [0.4, 0.5) is 5.69 Å². The number of fused-ring (bicyclic) bond motifs is 1. The summed E-state index contributed by atoms with van der Waals surface area (Å²) in [5.74, 6) is -0.286. The van der Waals surface area contributed by atoms with Crippen molar-refractivity contribution in [2.45, 2.75) is 6.92 Å². The Hall–Kier alpha value is -2.15. The number of amides is 1. The minimum atomic E-state index is -0.289. The van der Waals surface area contributed by atoms with Gasteiger partial charge < -0.3 is 10.3 Å². The minimum Gasteiger partial charge on any atom is -0.322 e. The van der Waals surface area contributed by atoms with Gasteiger partial charge >= 0.3 is 0 Å². The van der Waals surface area contributed by atoms with Crippen LogP contribution in [0.3, 0.4) is 0 Å². The lowest BCUT2D eigenvalue weighted by molar-refractivity contribution is 0.102. The standard InChI is InChI=1S/C17H13IN2O2/c1-10-8-11(18)6-7-14(10)20-17(22)13-9-16(21)19-15-5-3-2-4-12(13)15/h2-9H,1H3,(H,19,21)(H,20,22). The van der Waals surface area contributed by atoms with Crippen LogP contribution in [-0.2, 0) is 0 Å². The van der Waals surface area contributed by atoms with Crippen LogP contribution in [0.2, 0.25) is 0 Å². The third-order valence-electron chi connectivity index (χ3n) is 3.43. The zero-order chi connectivity index (χ0) is 15.7. The average molecular weight is 404 g/mol. The van der Waals surface area contributed by atoms with E-state index < -0.39 is 0 Å². The summed E-state index contributed by atoms with van der Waals surface area (Å²) in [5, 5.41) is 3.60. The Balaban J connectivity index is 2.04. The van der Waals surface area contributed by atoms with E-state index in [1.165, 1.54) is 6.07 Å². The molecule has 0 saturated heterocycles. The van der Waals surface area contributed by atoms with Crippen LogP contribution in [0.1, 0.15) is 15.9 Å². The average Bonchev–Trinajstić information content (AvgIpc) is 2.49. The van der Waals surface area contributed by atoms with Crippen LogP contribution in [0, 0.1) is 10.5 Å². The third kappa shape index (κ3) is 2.89. The van der Waals surface area contributed by atoms with E-state index in [1.807, 2.05) is 43.3 Å². The number of rotatable bonds is 2. The van der Waals surface area contributed by atoms with Crippen molar-refractivity contribution >= 4 is 45.1 Å². The molecule has 1 aromatic heterocycles. The van der Waals surface area contributed by atoms with E-state index in [1.54, 1.807) is 6.07 Å². The Labute approximate surface area is 140 Å². The maximum atomic E-state index is 12.6. The minimum absolute atomic E-state index is 0.286. The van der Waals surface area contributed by atoms with Gasteiger partial charge in [-0.2, -0.15) is 0 Å². The molecule has 4 nitrogen and oxygen atoms in total. The fourth-order valence-electron chi connectivity index (χ4n) is 2.35. The molecule has 2 aromatic carbocycles. The van der Waals surface area contributed by atoms with Crippen LogP contribution < -0.4 is 10.9 Å². The fraction of sp³-hybridized carbons (Fsp3) is 0.0588. The zero-order valence-corrected chi connectivity index (χ0v) is 14.0.